The van der Waals surface area contributed by atoms with Crippen LogP contribution in [-0.4, -0.2) is 10.2 Å². The lowest BCUT2D eigenvalue weighted by atomic mass is 10.0. The lowest BCUT2D eigenvalue weighted by Gasteiger charge is -2.04. The van der Waals surface area contributed by atoms with Gasteiger partial charge in [-0.15, -0.1) is 0 Å². The number of nitrogens with two attached hydrogens (primary N) is 1. The molecule has 2 heterocycles. The molecule has 2 aromatic rings. The summed E-state index contributed by atoms with van der Waals surface area (Å²) >= 11 is 0. The number of hydrogen-bond acceptors (Lipinski definition) is 3. The van der Waals surface area contributed by atoms with Gasteiger partial charge in [0, 0.05) is 5.56 Å². The van der Waals surface area contributed by atoms with Gasteiger partial charge in [-0.1, -0.05) is 13.8 Å². The molecule has 0 bridgehead atoms. The molecule has 15 heavy (non-hydrogen) atoms. The van der Waals surface area contributed by atoms with Crippen molar-refractivity contribution in [1.29, 1.82) is 0 Å². The third-order valence-electron chi connectivity index (χ3n) is 2.40. The number of furan rings is 1. The smallest absolute Gasteiger partial charge is 0.152 e. The Balaban J connectivity index is 2.53. The maximum atomic E-state index is 5.80. The molecule has 0 amide bonds. The van der Waals surface area contributed by atoms with Crippen LogP contribution in [-0.2, 0) is 0 Å². The molecule has 4 heteroatoms. The maximum Gasteiger partial charge on any atom is 0.152 e. The molecule has 0 saturated carbocycles. The molecule has 0 spiro atoms. The Bertz CT molecular complexity index is 468. The minimum Gasteiger partial charge on any atom is -0.460 e. The molecule has 0 saturated heterocycles. The van der Waals surface area contributed by atoms with Gasteiger partial charge >= 0.3 is 0 Å². The van der Waals surface area contributed by atoms with Crippen molar-refractivity contribution in [2.24, 2.45) is 0 Å². The lowest BCUT2D eigenvalue weighted by Crippen LogP contribution is -1.94. The summed E-state index contributed by atoms with van der Waals surface area (Å²) in [6, 6.07) is 3.85. The van der Waals surface area contributed by atoms with E-state index in [0.717, 1.165) is 22.8 Å². The Hall–Kier alpha value is -1.71. The highest BCUT2D eigenvalue weighted by Crippen LogP contribution is 2.32. The molecule has 3 N–H and O–H groups in total. The topological polar surface area (TPSA) is 67.8 Å². The number of aryl methyl sites for hydroxylation is 1. The molecule has 0 unspecified atom stereocenters. The van der Waals surface area contributed by atoms with Crippen molar-refractivity contribution in [3.05, 3.63) is 23.5 Å². The van der Waals surface area contributed by atoms with Crippen molar-refractivity contribution >= 4 is 5.82 Å². The number of nitrogens with zero attached hydrogens (tertiary/aromatic N) is 1. The zero-order chi connectivity index (χ0) is 11.0. The second-order valence-electron chi connectivity index (χ2n) is 3.96. The van der Waals surface area contributed by atoms with Gasteiger partial charge in [-0.3, -0.25) is 5.10 Å². The first-order chi connectivity index (χ1) is 7.09. The number of rotatable bonds is 2. The summed E-state index contributed by atoms with van der Waals surface area (Å²) in [7, 11) is 0. The summed E-state index contributed by atoms with van der Waals surface area (Å²) in [4.78, 5) is 0. The van der Waals surface area contributed by atoms with Crippen molar-refractivity contribution in [1.82, 2.24) is 10.2 Å². The van der Waals surface area contributed by atoms with Gasteiger partial charge in [0.15, 0.2) is 5.76 Å². The van der Waals surface area contributed by atoms with Gasteiger partial charge in [-0.05, 0) is 25.0 Å². The summed E-state index contributed by atoms with van der Waals surface area (Å²) in [6.45, 7) is 6.08. The van der Waals surface area contributed by atoms with Gasteiger partial charge in [0.25, 0.3) is 0 Å². The molecule has 0 atom stereocenters. The first-order valence-electron chi connectivity index (χ1n) is 5.00. The summed E-state index contributed by atoms with van der Waals surface area (Å²) in [5.74, 6) is 2.55. The van der Waals surface area contributed by atoms with E-state index >= 15 is 0 Å². The third-order valence-corrected chi connectivity index (χ3v) is 2.40. The fourth-order valence-electron chi connectivity index (χ4n) is 1.71. The highest BCUT2D eigenvalue weighted by atomic mass is 16.3. The number of hydrogen-bond donors (Lipinski definition) is 2. The Kier molecular flexibility index (Phi) is 2.26. The van der Waals surface area contributed by atoms with Crippen LogP contribution in [0.1, 0.15) is 31.1 Å². The molecule has 2 aromatic heterocycles. The largest absolute Gasteiger partial charge is 0.460 e. The van der Waals surface area contributed by atoms with E-state index in [0.29, 0.717) is 11.7 Å². The van der Waals surface area contributed by atoms with E-state index in [1.807, 2.05) is 19.1 Å². The highest BCUT2D eigenvalue weighted by Gasteiger charge is 2.17. The van der Waals surface area contributed by atoms with Gasteiger partial charge in [0.05, 0.1) is 0 Å². The maximum absolute atomic E-state index is 5.80. The van der Waals surface area contributed by atoms with E-state index in [2.05, 4.69) is 24.0 Å². The number of aromatic nitrogens is 2. The standard InChI is InChI=1S/C11H15N3O/c1-6(2)9-10(13-14-11(9)12)8-5-4-7(3)15-8/h4-6H,1-3H3,(H3,12,13,14). The summed E-state index contributed by atoms with van der Waals surface area (Å²) < 4.78 is 5.55. The van der Waals surface area contributed by atoms with Crippen molar-refractivity contribution in [2.75, 3.05) is 5.73 Å². The predicted molar refractivity (Wildman–Crippen MR) is 59.5 cm³/mol. The number of nitrogens with one attached hydrogen (secondary N) is 1. The Morgan fingerprint density at radius 1 is 1.40 bits per heavy atom. The second kappa shape index (κ2) is 3.46. The summed E-state index contributed by atoms with van der Waals surface area (Å²) in [5, 5.41) is 6.93. The fourth-order valence-corrected chi connectivity index (χ4v) is 1.71. The van der Waals surface area contributed by atoms with Crippen LogP contribution in [0.15, 0.2) is 16.5 Å². The van der Waals surface area contributed by atoms with Crippen molar-refractivity contribution in [3.63, 3.8) is 0 Å². The van der Waals surface area contributed by atoms with Gasteiger partial charge in [0.2, 0.25) is 0 Å². The monoisotopic (exact) mass is 205 g/mol. The van der Waals surface area contributed by atoms with Crippen LogP contribution in [0, 0.1) is 6.92 Å². The van der Waals surface area contributed by atoms with Crippen LogP contribution in [0.2, 0.25) is 0 Å². The van der Waals surface area contributed by atoms with Crippen LogP contribution >= 0.6 is 0 Å². The summed E-state index contributed by atoms with van der Waals surface area (Å²) in [5.41, 5.74) is 7.71. The molecule has 0 aliphatic heterocycles. The van der Waals surface area contributed by atoms with Gasteiger partial charge in [0.1, 0.15) is 17.3 Å². The number of nitrogen functional groups attached to an aromatic ring is 1. The van der Waals surface area contributed by atoms with E-state index in [-0.39, 0.29) is 0 Å². The van der Waals surface area contributed by atoms with E-state index in [4.69, 9.17) is 10.2 Å². The van der Waals surface area contributed by atoms with Crippen LogP contribution in [0.3, 0.4) is 0 Å². The predicted octanol–water partition coefficient (Wildman–Crippen LogP) is 2.68. The molecular weight excluding hydrogens is 190 g/mol. The van der Waals surface area contributed by atoms with Gasteiger partial charge in [-0.25, -0.2) is 0 Å². The average Bonchev–Trinajstić information content (AvgIpc) is 2.71. The van der Waals surface area contributed by atoms with Gasteiger partial charge < -0.3 is 10.2 Å². The third kappa shape index (κ3) is 1.63. The van der Waals surface area contributed by atoms with E-state index in [1.165, 1.54) is 0 Å². The highest BCUT2D eigenvalue weighted by molar-refractivity contribution is 5.64. The van der Waals surface area contributed by atoms with E-state index in [1.54, 1.807) is 0 Å². The minimum absolute atomic E-state index is 0.323. The van der Waals surface area contributed by atoms with E-state index < -0.39 is 0 Å². The molecule has 4 nitrogen and oxygen atoms in total. The zero-order valence-electron chi connectivity index (χ0n) is 9.16. The summed E-state index contributed by atoms with van der Waals surface area (Å²) in [6.07, 6.45) is 0. The van der Waals surface area contributed by atoms with Crippen LogP contribution in [0.5, 0.6) is 0 Å². The first-order valence-corrected chi connectivity index (χ1v) is 5.00. The molecule has 2 rings (SSSR count). The van der Waals surface area contributed by atoms with Crippen LogP contribution < -0.4 is 5.73 Å². The number of anilines is 1. The van der Waals surface area contributed by atoms with Gasteiger partial charge in [-0.2, -0.15) is 5.10 Å². The quantitative estimate of drug-likeness (QED) is 0.792. The number of H-pyrrole nitrogens is 1. The lowest BCUT2D eigenvalue weighted by molar-refractivity contribution is 0.545. The van der Waals surface area contributed by atoms with E-state index in [9.17, 15) is 0 Å². The molecule has 0 aliphatic carbocycles. The van der Waals surface area contributed by atoms with Crippen molar-refractivity contribution in [2.45, 2.75) is 26.7 Å². The Morgan fingerprint density at radius 2 is 2.13 bits per heavy atom. The number of aromatic amines is 1. The molecule has 0 aromatic carbocycles. The molecular formula is C11H15N3O. The second-order valence-corrected chi connectivity index (χ2v) is 3.96. The first kappa shape index (κ1) is 9.83. The Morgan fingerprint density at radius 3 is 2.67 bits per heavy atom. The molecule has 0 fully saturated rings. The average molecular weight is 205 g/mol. The zero-order valence-corrected chi connectivity index (χ0v) is 9.16. The van der Waals surface area contributed by atoms with Crippen molar-refractivity contribution < 1.29 is 4.42 Å². The SMILES string of the molecule is Cc1ccc(-c2[nH]nc(N)c2C(C)C)o1. The Labute approximate surface area is 88.5 Å². The molecule has 80 valence electrons. The fraction of sp³-hybridized carbons (Fsp3) is 0.364. The normalized spacial score (nSPS) is 11.2. The van der Waals surface area contributed by atoms with Crippen LogP contribution in [0.4, 0.5) is 5.82 Å². The van der Waals surface area contributed by atoms with Crippen molar-refractivity contribution in [3.8, 4) is 11.5 Å². The minimum atomic E-state index is 0.323. The molecule has 0 radical (unpaired) electrons. The molecule has 0 aliphatic rings. The van der Waals surface area contributed by atoms with Crippen LogP contribution in [0.25, 0.3) is 11.5 Å².